The molecule has 0 aliphatic carbocycles. The zero-order chi connectivity index (χ0) is 21.7. The Hall–Kier alpha value is -3.73. The lowest BCUT2D eigenvalue weighted by molar-refractivity contribution is -0.387. The van der Waals surface area contributed by atoms with Gasteiger partial charge in [0.25, 0.3) is 11.6 Å². The van der Waals surface area contributed by atoms with Gasteiger partial charge in [-0.1, -0.05) is 18.2 Å². The van der Waals surface area contributed by atoms with Gasteiger partial charge in [0.2, 0.25) is 0 Å². The SMILES string of the molecule is Cc1ccccc1N(C)C(=O)COC(=O)c1ccc(Sc2ncn[nH]2)c([N+](=O)[O-])c1. The highest BCUT2D eigenvalue weighted by Gasteiger charge is 2.21. The lowest BCUT2D eigenvalue weighted by atomic mass is 10.2. The number of carbonyl (C=O) groups excluding carboxylic acids is 2. The van der Waals surface area contributed by atoms with Crippen LogP contribution in [0.5, 0.6) is 0 Å². The number of aryl methyl sites for hydroxylation is 1. The van der Waals surface area contributed by atoms with Crippen molar-refractivity contribution in [2.75, 3.05) is 18.6 Å². The Morgan fingerprint density at radius 1 is 1.27 bits per heavy atom. The van der Waals surface area contributed by atoms with Gasteiger partial charge in [-0.2, -0.15) is 5.10 Å². The number of nitro groups is 1. The molecule has 0 atom stereocenters. The average Bonchev–Trinajstić information content (AvgIpc) is 3.24. The second-order valence-corrected chi connectivity index (χ2v) is 7.18. The predicted molar refractivity (Wildman–Crippen MR) is 108 cm³/mol. The monoisotopic (exact) mass is 427 g/mol. The molecule has 11 heteroatoms. The van der Waals surface area contributed by atoms with Crippen molar-refractivity contribution in [3.63, 3.8) is 0 Å². The maximum Gasteiger partial charge on any atom is 0.338 e. The van der Waals surface area contributed by atoms with Crippen molar-refractivity contribution in [1.82, 2.24) is 15.2 Å². The summed E-state index contributed by atoms with van der Waals surface area (Å²) in [6.07, 6.45) is 1.28. The molecule has 30 heavy (non-hydrogen) atoms. The molecule has 0 bridgehead atoms. The molecule has 0 fully saturated rings. The first-order chi connectivity index (χ1) is 14.4. The lowest BCUT2D eigenvalue weighted by Crippen LogP contribution is -2.31. The summed E-state index contributed by atoms with van der Waals surface area (Å²) in [5.41, 5.74) is 1.28. The number of benzene rings is 2. The molecule has 1 heterocycles. The van der Waals surface area contributed by atoms with Crippen molar-refractivity contribution >= 4 is 35.0 Å². The highest BCUT2D eigenvalue weighted by molar-refractivity contribution is 7.99. The standard InChI is InChI=1S/C19H17N5O5S/c1-12-5-3-4-6-14(12)23(2)17(25)10-29-18(26)13-7-8-16(15(9-13)24(27)28)30-19-20-11-21-22-19/h3-9,11H,10H2,1-2H3,(H,20,21,22). The van der Waals surface area contributed by atoms with Crippen LogP contribution in [-0.4, -0.2) is 45.6 Å². The number of carbonyl (C=O) groups is 2. The van der Waals surface area contributed by atoms with E-state index >= 15 is 0 Å². The molecule has 1 amide bonds. The van der Waals surface area contributed by atoms with Crippen molar-refractivity contribution in [3.05, 3.63) is 70.0 Å². The van der Waals surface area contributed by atoms with Crippen molar-refractivity contribution in [2.45, 2.75) is 17.0 Å². The predicted octanol–water partition coefficient (Wildman–Crippen LogP) is 2.99. The van der Waals surface area contributed by atoms with E-state index in [1.807, 2.05) is 19.1 Å². The zero-order valence-corrected chi connectivity index (χ0v) is 16.9. The number of esters is 1. The third kappa shape index (κ3) is 4.81. The second-order valence-electron chi connectivity index (χ2n) is 6.15. The van der Waals surface area contributed by atoms with Crippen LogP contribution in [0.2, 0.25) is 0 Å². The van der Waals surface area contributed by atoms with Crippen LogP contribution in [0.1, 0.15) is 15.9 Å². The molecule has 3 rings (SSSR count). The maximum atomic E-state index is 12.4. The summed E-state index contributed by atoms with van der Waals surface area (Å²) in [6, 6.07) is 11.2. The van der Waals surface area contributed by atoms with E-state index < -0.39 is 23.4 Å². The Labute approximate surface area is 175 Å². The fourth-order valence-electron chi connectivity index (χ4n) is 2.60. The molecule has 0 aliphatic heterocycles. The average molecular weight is 427 g/mol. The number of ether oxygens (including phenoxy) is 1. The maximum absolute atomic E-state index is 12.4. The van der Waals surface area contributed by atoms with E-state index in [0.717, 1.165) is 23.4 Å². The van der Waals surface area contributed by atoms with E-state index in [1.54, 1.807) is 19.2 Å². The van der Waals surface area contributed by atoms with Crippen LogP contribution in [0.15, 0.2) is 58.8 Å². The number of nitrogens with zero attached hydrogens (tertiary/aromatic N) is 4. The van der Waals surface area contributed by atoms with Crippen LogP contribution in [0.4, 0.5) is 11.4 Å². The molecule has 2 aromatic carbocycles. The number of rotatable bonds is 7. The Bertz CT molecular complexity index is 1090. The van der Waals surface area contributed by atoms with Gasteiger partial charge in [0.05, 0.1) is 15.4 Å². The number of likely N-dealkylation sites (N-methyl/N-ethyl adjacent to an activating group) is 1. The van der Waals surface area contributed by atoms with Gasteiger partial charge >= 0.3 is 5.97 Å². The molecule has 3 aromatic rings. The summed E-state index contributed by atoms with van der Waals surface area (Å²) >= 11 is 1.01. The number of hydrogen-bond donors (Lipinski definition) is 1. The van der Waals surface area contributed by atoms with Gasteiger partial charge in [-0.15, -0.1) is 0 Å². The van der Waals surface area contributed by atoms with Gasteiger partial charge in [-0.3, -0.25) is 20.0 Å². The van der Waals surface area contributed by atoms with Crippen LogP contribution in [0, 0.1) is 17.0 Å². The fourth-order valence-corrected chi connectivity index (χ4v) is 3.38. The van der Waals surface area contributed by atoms with Gasteiger partial charge in [-0.25, -0.2) is 9.78 Å². The number of hydrogen-bond acceptors (Lipinski definition) is 8. The van der Waals surface area contributed by atoms with Crippen LogP contribution in [0.3, 0.4) is 0 Å². The van der Waals surface area contributed by atoms with Gasteiger partial charge in [0.1, 0.15) is 6.33 Å². The summed E-state index contributed by atoms with van der Waals surface area (Å²) in [5, 5.41) is 18.1. The van der Waals surface area contributed by atoms with E-state index in [-0.39, 0.29) is 16.1 Å². The second kappa shape index (κ2) is 9.18. The Kier molecular flexibility index (Phi) is 6.42. The normalized spacial score (nSPS) is 10.5. The Morgan fingerprint density at radius 2 is 2.03 bits per heavy atom. The number of nitrogens with one attached hydrogen (secondary N) is 1. The first-order valence-electron chi connectivity index (χ1n) is 8.68. The van der Waals surface area contributed by atoms with E-state index in [4.69, 9.17) is 4.74 Å². The molecule has 0 saturated carbocycles. The van der Waals surface area contributed by atoms with Crippen molar-refractivity contribution in [2.24, 2.45) is 0 Å². The van der Waals surface area contributed by atoms with Gasteiger partial charge < -0.3 is 9.64 Å². The highest BCUT2D eigenvalue weighted by atomic mass is 32.2. The summed E-state index contributed by atoms with van der Waals surface area (Å²) < 4.78 is 5.06. The molecule has 0 unspecified atom stereocenters. The number of H-pyrrole nitrogens is 1. The Balaban J connectivity index is 1.69. The number of nitro benzene ring substituents is 1. The minimum Gasteiger partial charge on any atom is -0.452 e. The van der Waals surface area contributed by atoms with Gasteiger partial charge in [-0.05, 0) is 42.4 Å². The summed E-state index contributed by atoms with van der Waals surface area (Å²) in [5.74, 6) is -1.26. The molecule has 1 N–H and O–H groups in total. The van der Waals surface area contributed by atoms with E-state index in [2.05, 4.69) is 15.2 Å². The van der Waals surface area contributed by atoms with E-state index in [9.17, 15) is 19.7 Å². The highest BCUT2D eigenvalue weighted by Crippen LogP contribution is 2.33. The molecule has 0 radical (unpaired) electrons. The first kappa shape index (κ1) is 21.0. The number of aromatic nitrogens is 3. The Morgan fingerprint density at radius 3 is 2.70 bits per heavy atom. The molecule has 0 saturated heterocycles. The number of para-hydroxylation sites is 1. The largest absolute Gasteiger partial charge is 0.452 e. The smallest absolute Gasteiger partial charge is 0.338 e. The minimum atomic E-state index is -0.833. The molecule has 154 valence electrons. The zero-order valence-electron chi connectivity index (χ0n) is 16.1. The molecule has 0 aliphatic rings. The minimum absolute atomic E-state index is 0.0324. The van der Waals surface area contributed by atoms with Crippen LogP contribution >= 0.6 is 11.8 Å². The molecular formula is C19H17N5O5S. The van der Waals surface area contributed by atoms with E-state index in [1.165, 1.54) is 23.4 Å². The van der Waals surface area contributed by atoms with Gasteiger partial charge in [0.15, 0.2) is 11.8 Å². The molecule has 0 spiro atoms. The van der Waals surface area contributed by atoms with Crippen LogP contribution in [0.25, 0.3) is 0 Å². The topological polar surface area (TPSA) is 131 Å². The van der Waals surface area contributed by atoms with Gasteiger partial charge in [0, 0.05) is 18.8 Å². The van der Waals surface area contributed by atoms with E-state index in [0.29, 0.717) is 10.8 Å². The molecular weight excluding hydrogens is 410 g/mol. The third-order valence-electron chi connectivity index (χ3n) is 4.17. The molecule has 10 nitrogen and oxygen atoms in total. The summed E-state index contributed by atoms with van der Waals surface area (Å²) in [6.45, 7) is 1.37. The van der Waals surface area contributed by atoms with Crippen LogP contribution in [-0.2, 0) is 9.53 Å². The quantitative estimate of drug-likeness (QED) is 0.346. The lowest BCUT2D eigenvalue weighted by Gasteiger charge is -2.19. The number of anilines is 1. The number of aromatic amines is 1. The summed E-state index contributed by atoms with van der Waals surface area (Å²) in [4.78, 5) is 41.1. The number of amides is 1. The summed E-state index contributed by atoms with van der Waals surface area (Å²) in [7, 11) is 1.58. The third-order valence-corrected chi connectivity index (χ3v) is 5.12. The van der Waals surface area contributed by atoms with Crippen molar-refractivity contribution in [1.29, 1.82) is 0 Å². The van der Waals surface area contributed by atoms with Crippen LogP contribution < -0.4 is 4.90 Å². The fraction of sp³-hybridized carbons (Fsp3) is 0.158. The van der Waals surface area contributed by atoms with Crippen molar-refractivity contribution in [3.8, 4) is 0 Å². The first-order valence-corrected chi connectivity index (χ1v) is 9.49. The van der Waals surface area contributed by atoms with Crippen molar-refractivity contribution < 1.29 is 19.2 Å². The molecule has 1 aromatic heterocycles.